The molecule has 4 aromatic rings. The topological polar surface area (TPSA) is 102 Å². The third kappa shape index (κ3) is 5.65. The van der Waals surface area contributed by atoms with E-state index in [4.69, 9.17) is 35.8 Å². The average Bonchev–Trinajstić information content (AvgIpc) is 3.60. The van der Waals surface area contributed by atoms with E-state index < -0.39 is 11.8 Å². The Morgan fingerprint density at radius 1 is 1.09 bits per heavy atom. The van der Waals surface area contributed by atoms with Gasteiger partial charge >= 0.3 is 5.97 Å². The molecule has 3 atom stereocenters. The van der Waals surface area contributed by atoms with Crippen molar-refractivity contribution in [1.82, 2.24) is 19.4 Å². The number of imidazole rings is 1. The Labute approximate surface area is 252 Å². The highest BCUT2D eigenvalue weighted by atomic mass is 35.5. The minimum Gasteiger partial charge on any atom is -0.478 e. The number of nitrogens with zero attached hydrogens (tertiary/aromatic N) is 5. The largest absolute Gasteiger partial charge is 0.478 e. The van der Waals surface area contributed by atoms with Crippen LogP contribution in [0.25, 0.3) is 11.0 Å². The summed E-state index contributed by atoms with van der Waals surface area (Å²) in [4.78, 5) is 26.0. The number of aromatic carboxylic acids is 1. The Kier molecular flexibility index (Phi) is 7.64. The van der Waals surface area contributed by atoms with Gasteiger partial charge in [-0.2, -0.15) is 4.98 Å². The monoisotopic (exact) mass is 607 g/mol. The van der Waals surface area contributed by atoms with Gasteiger partial charge in [-0.3, -0.25) is 4.90 Å². The zero-order chi connectivity index (χ0) is 29.5. The van der Waals surface area contributed by atoms with Gasteiger partial charge in [0, 0.05) is 36.3 Å². The second-order valence-electron chi connectivity index (χ2n) is 11.1. The molecule has 3 saturated heterocycles. The van der Waals surface area contributed by atoms with Gasteiger partial charge in [0.2, 0.25) is 5.88 Å². The SMILES string of the molecule is O=C(O)c1ccc2nc(CN3CCN(c4cccc(OCc5ccc(Cl)cc5F)n4)C4COCC43)n(C[C@@H]3CCO3)c2c1. The number of pyridine rings is 1. The molecule has 7 rings (SSSR count). The number of benzene rings is 2. The van der Waals surface area contributed by atoms with E-state index in [9.17, 15) is 14.3 Å². The van der Waals surface area contributed by atoms with Crippen molar-refractivity contribution < 1.29 is 28.5 Å². The van der Waals surface area contributed by atoms with Gasteiger partial charge in [0.25, 0.3) is 0 Å². The summed E-state index contributed by atoms with van der Waals surface area (Å²) >= 11 is 5.87. The van der Waals surface area contributed by atoms with Gasteiger partial charge in [-0.1, -0.05) is 23.7 Å². The Balaban J connectivity index is 1.09. The van der Waals surface area contributed by atoms with E-state index >= 15 is 0 Å². The summed E-state index contributed by atoms with van der Waals surface area (Å²) in [5.41, 5.74) is 2.23. The number of piperazine rings is 1. The molecule has 0 radical (unpaired) electrons. The zero-order valence-electron chi connectivity index (χ0n) is 23.4. The van der Waals surface area contributed by atoms with E-state index in [1.165, 1.54) is 6.07 Å². The maximum Gasteiger partial charge on any atom is 0.335 e. The molecular weight excluding hydrogens is 577 g/mol. The highest BCUT2D eigenvalue weighted by Gasteiger charge is 2.42. The summed E-state index contributed by atoms with van der Waals surface area (Å²) in [6, 6.07) is 15.4. The van der Waals surface area contributed by atoms with Crippen molar-refractivity contribution in [3.8, 4) is 5.88 Å². The highest BCUT2D eigenvalue weighted by molar-refractivity contribution is 6.30. The number of carboxylic acids is 1. The van der Waals surface area contributed by atoms with Crippen LogP contribution in [0.1, 0.15) is 28.2 Å². The standard InChI is InChI=1S/C31H31ClFN5O5/c32-21-6-4-20(23(33)13-21)16-43-30-3-1-2-28(35-30)37-10-9-36(26-17-41-18-27(26)37)15-29-34-24-7-5-19(31(39)40)12-25(24)38(29)14-22-8-11-42-22/h1-7,12-13,22,26-27H,8-11,14-18H2,(H,39,40)/t22-,26?,27?/m0/s1. The molecule has 3 aliphatic heterocycles. The van der Waals surface area contributed by atoms with Gasteiger partial charge < -0.3 is 28.8 Å². The number of ether oxygens (including phenoxy) is 3. The number of anilines is 1. The van der Waals surface area contributed by atoms with Crippen molar-refractivity contribution in [2.45, 2.75) is 44.3 Å². The fourth-order valence-corrected chi connectivity index (χ4v) is 6.26. The van der Waals surface area contributed by atoms with Gasteiger partial charge in [-0.15, -0.1) is 0 Å². The zero-order valence-corrected chi connectivity index (χ0v) is 24.1. The summed E-state index contributed by atoms with van der Waals surface area (Å²) in [7, 11) is 0. The molecule has 5 heterocycles. The van der Waals surface area contributed by atoms with Crippen molar-refractivity contribution in [3.63, 3.8) is 0 Å². The number of fused-ring (bicyclic) bond motifs is 2. The van der Waals surface area contributed by atoms with Gasteiger partial charge in [0.1, 0.15) is 24.1 Å². The number of halogens is 2. The normalized spacial score (nSPS) is 22.0. The third-order valence-electron chi connectivity index (χ3n) is 8.51. The lowest BCUT2D eigenvalue weighted by Gasteiger charge is -2.44. The fourth-order valence-electron chi connectivity index (χ4n) is 6.11. The molecule has 3 fully saturated rings. The van der Waals surface area contributed by atoms with E-state index in [2.05, 4.69) is 14.4 Å². The Morgan fingerprint density at radius 2 is 1.95 bits per heavy atom. The Morgan fingerprint density at radius 3 is 2.74 bits per heavy atom. The molecule has 224 valence electrons. The summed E-state index contributed by atoms with van der Waals surface area (Å²) in [5, 5.41) is 9.91. The van der Waals surface area contributed by atoms with Crippen molar-refractivity contribution >= 4 is 34.4 Å². The van der Waals surface area contributed by atoms with Crippen LogP contribution in [0.4, 0.5) is 10.2 Å². The number of hydrogen-bond donors (Lipinski definition) is 1. The van der Waals surface area contributed by atoms with Crippen LogP contribution in [0.2, 0.25) is 5.02 Å². The van der Waals surface area contributed by atoms with Crippen molar-refractivity contribution in [2.75, 3.05) is 37.8 Å². The summed E-state index contributed by atoms with van der Waals surface area (Å²) < 4.78 is 33.9. The molecule has 0 amide bonds. The maximum absolute atomic E-state index is 14.2. The van der Waals surface area contributed by atoms with Crippen LogP contribution >= 0.6 is 11.6 Å². The third-order valence-corrected chi connectivity index (χ3v) is 8.75. The molecule has 43 heavy (non-hydrogen) atoms. The number of carbonyl (C=O) groups is 1. The Hall–Kier alpha value is -3.77. The molecule has 0 aliphatic carbocycles. The van der Waals surface area contributed by atoms with Crippen LogP contribution < -0.4 is 9.64 Å². The molecule has 3 aliphatic rings. The van der Waals surface area contributed by atoms with E-state index in [1.54, 1.807) is 36.4 Å². The fraction of sp³-hybridized carbons (Fsp3) is 0.387. The lowest BCUT2D eigenvalue weighted by atomic mass is 10.0. The van der Waals surface area contributed by atoms with Crippen LogP contribution in [0, 0.1) is 5.82 Å². The molecule has 0 saturated carbocycles. The van der Waals surface area contributed by atoms with Crippen LogP contribution in [0.3, 0.4) is 0 Å². The predicted octanol–water partition coefficient (Wildman–Crippen LogP) is 4.38. The highest BCUT2D eigenvalue weighted by Crippen LogP contribution is 2.31. The van der Waals surface area contributed by atoms with Crippen molar-refractivity contribution in [3.05, 3.63) is 82.4 Å². The van der Waals surface area contributed by atoms with E-state index in [0.29, 0.717) is 42.8 Å². The summed E-state index contributed by atoms with van der Waals surface area (Å²) in [5.74, 6) is 0.706. The molecular formula is C31H31ClFN5O5. The van der Waals surface area contributed by atoms with Gasteiger partial charge in [0.05, 0.1) is 61.1 Å². The molecule has 1 N–H and O–H groups in total. The first kappa shape index (κ1) is 28.0. The molecule has 0 spiro atoms. The second kappa shape index (κ2) is 11.7. The predicted molar refractivity (Wildman–Crippen MR) is 157 cm³/mol. The molecule has 2 aromatic heterocycles. The Bertz CT molecular complexity index is 1660. The molecule has 10 nitrogen and oxygen atoms in total. The van der Waals surface area contributed by atoms with Crippen LogP contribution in [-0.2, 0) is 29.2 Å². The lowest BCUT2D eigenvalue weighted by Crippen LogP contribution is -2.59. The van der Waals surface area contributed by atoms with E-state index in [0.717, 1.165) is 48.8 Å². The summed E-state index contributed by atoms with van der Waals surface area (Å²) in [6.45, 7) is 4.67. The minimum atomic E-state index is -0.960. The second-order valence-corrected chi connectivity index (χ2v) is 11.6. The van der Waals surface area contributed by atoms with Crippen LogP contribution in [0.15, 0.2) is 54.6 Å². The minimum absolute atomic E-state index is 0.0449. The molecule has 2 aromatic carbocycles. The van der Waals surface area contributed by atoms with Gasteiger partial charge in [0.15, 0.2) is 0 Å². The number of rotatable bonds is 9. The molecule has 2 unspecified atom stereocenters. The van der Waals surface area contributed by atoms with Gasteiger partial charge in [-0.05, 0) is 42.8 Å². The van der Waals surface area contributed by atoms with Crippen LogP contribution in [0.5, 0.6) is 5.88 Å². The first-order chi connectivity index (χ1) is 20.9. The van der Waals surface area contributed by atoms with Gasteiger partial charge in [-0.25, -0.2) is 14.2 Å². The first-order valence-corrected chi connectivity index (χ1v) is 14.8. The first-order valence-electron chi connectivity index (χ1n) is 14.4. The number of carboxylic acid groups (broad SMARTS) is 1. The van der Waals surface area contributed by atoms with Crippen molar-refractivity contribution in [2.24, 2.45) is 0 Å². The molecule has 12 heteroatoms. The van der Waals surface area contributed by atoms with Crippen molar-refractivity contribution in [1.29, 1.82) is 0 Å². The summed E-state index contributed by atoms with van der Waals surface area (Å²) in [6.07, 6.45) is 1.07. The maximum atomic E-state index is 14.2. The number of aromatic nitrogens is 3. The van der Waals surface area contributed by atoms with E-state index in [-0.39, 0.29) is 30.4 Å². The average molecular weight is 608 g/mol. The smallest absolute Gasteiger partial charge is 0.335 e. The molecule has 0 bridgehead atoms. The lowest BCUT2D eigenvalue weighted by molar-refractivity contribution is -0.0592. The van der Waals surface area contributed by atoms with E-state index in [1.807, 2.05) is 12.1 Å². The van der Waals surface area contributed by atoms with Crippen LogP contribution in [-0.4, -0.2) is 81.6 Å². The number of hydrogen-bond acceptors (Lipinski definition) is 8. The quantitative estimate of drug-likeness (QED) is 0.297.